The molecule has 0 bridgehead atoms. The van der Waals surface area contributed by atoms with Crippen molar-refractivity contribution in [1.29, 1.82) is 0 Å². The Kier molecular flexibility index (Phi) is 3.43. The maximum absolute atomic E-state index is 12.0. The number of hydrogen-bond acceptors (Lipinski definition) is 4. The molecule has 4 aliphatic rings. The molecule has 2 fully saturated rings. The maximum atomic E-state index is 12.0. The average molecular weight is 353 g/mol. The highest BCUT2D eigenvalue weighted by atomic mass is 16.1. The molecule has 138 valence electrons. The fourth-order valence-corrected chi connectivity index (χ4v) is 6.70. The number of aromatic nitrogens is 4. The predicted octanol–water partition coefficient (Wildman–Crippen LogP) is 2.81. The number of tetrazole rings is 1. The summed E-state index contributed by atoms with van der Waals surface area (Å²) in [6.07, 6.45) is 12.6. The normalized spacial score (nSPS) is 41.9. The summed E-state index contributed by atoms with van der Waals surface area (Å²) in [4.78, 5) is 13.8. The average Bonchev–Trinajstić information content (AvgIpc) is 3.20. The fraction of sp³-hybridized carbons (Fsp3) is 0.700. The third-order valence-corrected chi connectivity index (χ3v) is 8.09. The smallest absolute Gasteiger partial charge is 0.243 e. The molecule has 0 saturated heterocycles. The van der Waals surface area contributed by atoms with E-state index in [9.17, 15) is 4.79 Å². The topological polar surface area (TPSA) is 72.7 Å². The summed E-state index contributed by atoms with van der Waals surface area (Å²) in [5, 5.41) is 15.4. The molecule has 1 aromatic heterocycles. The van der Waals surface area contributed by atoms with Crippen molar-refractivity contribution in [3.05, 3.63) is 24.1 Å². The second kappa shape index (κ2) is 5.51. The van der Waals surface area contributed by atoms with Gasteiger partial charge in [0, 0.05) is 18.0 Å². The van der Waals surface area contributed by atoms with Crippen LogP contribution in [0.3, 0.4) is 0 Å². The molecule has 1 unspecified atom stereocenters. The number of nitrogens with one attached hydrogen (secondary N) is 1. The molecule has 1 aromatic rings. The summed E-state index contributed by atoms with van der Waals surface area (Å²) in [7, 11) is 0. The van der Waals surface area contributed by atoms with Gasteiger partial charge in [0.2, 0.25) is 5.91 Å². The van der Waals surface area contributed by atoms with Crippen LogP contribution in [0.4, 0.5) is 0 Å². The minimum absolute atomic E-state index is 0.102. The van der Waals surface area contributed by atoms with Gasteiger partial charge in [-0.2, -0.15) is 0 Å². The summed E-state index contributed by atoms with van der Waals surface area (Å²) >= 11 is 0. The van der Waals surface area contributed by atoms with E-state index < -0.39 is 0 Å². The first kappa shape index (κ1) is 16.2. The van der Waals surface area contributed by atoms with Crippen LogP contribution >= 0.6 is 0 Å². The quantitative estimate of drug-likeness (QED) is 0.843. The zero-order chi connectivity index (χ0) is 17.9. The number of nitrogens with zero attached hydrogens (tertiary/aromatic N) is 4. The molecular formula is C20H27N5O. The predicted molar refractivity (Wildman–Crippen MR) is 97.6 cm³/mol. The summed E-state index contributed by atoms with van der Waals surface area (Å²) in [6, 6.07) is 0. The number of carbonyl (C=O) groups is 1. The van der Waals surface area contributed by atoms with E-state index in [0.717, 1.165) is 32.2 Å². The van der Waals surface area contributed by atoms with E-state index in [1.807, 2.05) is 6.08 Å². The van der Waals surface area contributed by atoms with E-state index in [4.69, 9.17) is 0 Å². The highest BCUT2D eigenvalue weighted by Gasteiger charge is 2.57. The Labute approximate surface area is 154 Å². The fourth-order valence-electron chi connectivity index (χ4n) is 6.70. The first-order valence-corrected chi connectivity index (χ1v) is 9.95. The molecule has 3 aliphatic carbocycles. The van der Waals surface area contributed by atoms with Crippen molar-refractivity contribution in [2.75, 3.05) is 6.54 Å². The molecule has 6 nitrogen and oxygen atoms in total. The number of fused-ring (bicyclic) bond motifs is 5. The molecular weight excluding hydrogens is 326 g/mol. The molecule has 2 heterocycles. The van der Waals surface area contributed by atoms with Crippen LogP contribution in [0.1, 0.15) is 52.4 Å². The molecule has 5 atom stereocenters. The van der Waals surface area contributed by atoms with E-state index >= 15 is 0 Å². The lowest BCUT2D eigenvalue weighted by Crippen LogP contribution is -2.49. The van der Waals surface area contributed by atoms with Crippen LogP contribution < -0.4 is 5.32 Å². The minimum Gasteiger partial charge on any atom is -0.353 e. The molecule has 0 spiro atoms. The molecule has 1 amide bonds. The first-order chi connectivity index (χ1) is 12.5. The summed E-state index contributed by atoms with van der Waals surface area (Å²) < 4.78 is 0. The Balaban J connectivity index is 1.48. The molecule has 2 saturated carbocycles. The molecule has 5 rings (SSSR count). The van der Waals surface area contributed by atoms with Gasteiger partial charge >= 0.3 is 0 Å². The number of amides is 1. The van der Waals surface area contributed by atoms with Gasteiger partial charge in [0.1, 0.15) is 0 Å². The Morgan fingerprint density at radius 2 is 2.08 bits per heavy atom. The summed E-state index contributed by atoms with van der Waals surface area (Å²) in [6.45, 7) is 5.62. The monoisotopic (exact) mass is 353 g/mol. The van der Waals surface area contributed by atoms with Crippen molar-refractivity contribution in [2.45, 2.75) is 52.4 Å². The lowest BCUT2D eigenvalue weighted by Gasteiger charge is -2.56. The molecule has 1 N–H and O–H groups in total. The standard InChI is InChI=1S/C20H27N5O/c1-19-9-10-21-18(26)11-13(19)3-4-14-15-5-6-17(25-23-12-22-24-25)20(15,2)8-7-16(14)19/h6,11-12,14-16H,3-5,7-10H2,1-2H3,(H,21,26)/t14-,15-,16?,19-,20-/m0/s1. The van der Waals surface area contributed by atoms with Crippen LogP contribution in [-0.2, 0) is 4.79 Å². The van der Waals surface area contributed by atoms with Gasteiger partial charge < -0.3 is 5.32 Å². The van der Waals surface area contributed by atoms with Gasteiger partial charge in [-0.3, -0.25) is 4.79 Å². The number of allylic oxidation sites excluding steroid dienone is 3. The number of rotatable bonds is 1. The van der Waals surface area contributed by atoms with Crippen molar-refractivity contribution in [3.63, 3.8) is 0 Å². The SMILES string of the molecule is C[C@]12CCNC(=O)C=C1CC[C@@H]1C2CC[C@]2(C)C(n3ncnn3)=CC[C@@H]12. The maximum Gasteiger partial charge on any atom is 0.243 e. The molecule has 26 heavy (non-hydrogen) atoms. The van der Waals surface area contributed by atoms with Crippen LogP contribution in [0.25, 0.3) is 5.70 Å². The van der Waals surface area contributed by atoms with Crippen molar-refractivity contribution >= 4 is 11.6 Å². The third-order valence-electron chi connectivity index (χ3n) is 8.09. The zero-order valence-electron chi connectivity index (χ0n) is 15.6. The van der Waals surface area contributed by atoms with Gasteiger partial charge in [0.15, 0.2) is 6.33 Å². The molecule has 0 radical (unpaired) electrons. The Bertz CT molecular complexity index is 797. The van der Waals surface area contributed by atoms with E-state index in [1.165, 1.54) is 30.4 Å². The Morgan fingerprint density at radius 1 is 1.19 bits per heavy atom. The van der Waals surface area contributed by atoms with Crippen LogP contribution in [-0.4, -0.2) is 32.7 Å². The van der Waals surface area contributed by atoms with E-state index in [2.05, 4.69) is 40.7 Å². The lowest BCUT2D eigenvalue weighted by atomic mass is 9.48. The van der Waals surface area contributed by atoms with Gasteiger partial charge in [0.05, 0.1) is 5.70 Å². The van der Waals surface area contributed by atoms with Crippen molar-refractivity contribution in [1.82, 2.24) is 25.5 Å². The van der Waals surface area contributed by atoms with Crippen LogP contribution in [0.2, 0.25) is 0 Å². The van der Waals surface area contributed by atoms with E-state index in [1.54, 1.807) is 4.80 Å². The second-order valence-electron chi connectivity index (χ2n) is 9.05. The van der Waals surface area contributed by atoms with E-state index in [0.29, 0.717) is 17.8 Å². The minimum atomic E-state index is 0.102. The van der Waals surface area contributed by atoms with Crippen molar-refractivity contribution in [2.24, 2.45) is 28.6 Å². The number of carbonyl (C=O) groups excluding carboxylic acids is 1. The molecule has 6 heteroatoms. The van der Waals surface area contributed by atoms with Gasteiger partial charge in [-0.05, 0) is 66.9 Å². The van der Waals surface area contributed by atoms with Gasteiger partial charge in [-0.15, -0.1) is 15.0 Å². The Morgan fingerprint density at radius 3 is 2.88 bits per heavy atom. The molecule has 0 aromatic carbocycles. The van der Waals surface area contributed by atoms with Crippen LogP contribution in [0.5, 0.6) is 0 Å². The third kappa shape index (κ3) is 2.10. The molecule has 1 aliphatic heterocycles. The largest absolute Gasteiger partial charge is 0.353 e. The Hall–Kier alpha value is -1.98. The number of hydrogen-bond donors (Lipinski definition) is 1. The highest BCUT2D eigenvalue weighted by Crippen LogP contribution is 2.65. The van der Waals surface area contributed by atoms with Crippen molar-refractivity contribution in [3.8, 4) is 0 Å². The van der Waals surface area contributed by atoms with Crippen LogP contribution in [0, 0.1) is 28.6 Å². The van der Waals surface area contributed by atoms with Gasteiger partial charge in [-0.1, -0.05) is 25.5 Å². The first-order valence-electron chi connectivity index (χ1n) is 9.95. The van der Waals surface area contributed by atoms with E-state index in [-0.39, 0.29) is 16.7 Å². The summed E-state index contributed by atoms with van der Waals surface area (Å²) in [5.74, 6) is 2.13. The van der Waals surface area contributed by atoms with Crippen molar-refractivity contribution < 1.29 is 4.79 Å². The second-order valence-corrected chi connectivity index (χ2v) is 9.05. The van der Waals surface area contributed by atoms with Crippen LogP contribution in [0.15, 0.2) is 24.1 Å². The van der Waals surface area contributed by atoms with Gasteiger partial charge in [0.25, 0.3) is 0 Å². The summed E-state index contributed by atoms with van der Waals surface area (Å²) in [5.41, 5.74) is 2.93. The van der Waals surface area contributed by atoms with Gasteiger partial charge in [-0.25, -0.2) is 0 Å². The lowest BCUT2D eigenvalue weighted by molar-refractivity contribution is -0.116. The zero-order valence-corrected chi connectivity index (χ0v) is 15.6. The highest BCUT2D eigenvalue weighted by molar-refractivity contribution is 5.88.